The third kappa shape index (κ3) is 3.82. The van der Waals surface area contributed by atoms with E-state index in [9.17, 15) is 5.11 Å². The molecule has 2 aromatic rings. The molecule has 0 spiro atoms. The number of para-hydroxylation sites is 1. The lowest BCUT2D eigenvalue weighted by molar-refractivity contribution is 0.0502. The van der Waals surface area contributed by atoms with Crippen LogP contribution in [-0.4, -0.2) is 54.0 Å². The van der Waals surface area contributed by atoms with Gasteiger partial charge < -0.3 is 14.6 Å². The average Bonchev–Trinajstić information content (AvgIpc) is 3.29. The molecule has 0 saturated carbocycles. The van der Waals surface area contributed by atoms with Crippen molar-refractivity contribution in [1.29, 1.82) is 0 Å². The van der Waals surface area contributed by atoms with Crippen LogP contribution in [0.1, 0.15) is 16.9 Å². The summed E-state index contributed by atoms with van der Waals surface area (Å²) in [6, 6.07) is 10.8. The Balaban J connectivity index is 1.42. The lowest BCUT2D eigenvalue weighted by Crippen LogP contribution is -2.52. The molecule has 1 fully saturated rings. The first kappa shape index (κ1) is 16.8. The fraction of sp³-hybridized carbons (Fsp3) is 0.474. The minimum atomic E-state index is 0.233. The molecule has 2 aliphatic heterocycles. The van der Waals surface area contributed by atoms with E-state index in [1.165, 1.54) is 10.4 Å². The highest BCUT2D eigenvalue weighted by atomic mass is 32.1. The summed E-state index contributed by atoms with van der Waals surface area (Å²) >= 11 is 1.81. The summed E-state index contributed by atoms with van der Waals surface area (Å²) in [7, 11) is 0. The number of aliphatic hydroxyl groups excluding tert-OH is 1. The quantitative estimate of drug-likeness (QED) is 0.858. The smallest absolute Gasteiger partial charge is 0.231 e. The molecule has 0 amide bonds. The van der Waals surface area contributed by atoms with Crippen LogP contribution in [0, 0.1) is 0 Å². The van der Waals surface area contributed by atoms with Crippen LogP contribution < -0.4 is 9.47 Å². The first-order valence-corrected chi connectivity index (χ1v) is 9.68. The van der Waals surface area contributed by atoms with Crippen molar-refractivity contribution in [3.05, 3.63) is 46.2 Å². The van der Waals surface area contributed by atoms with E-state index in [-0.39, 0.29) is 6.61 Å². The topological polar surface area (TPSA) is 45.2 Å². The number of piperazine rings is 1. The van der Waals surface area contributed by atoms with Gasteiger partial charge in [0.1, 0.15) is 0 Å². The minimum Gasteiger partial charge on any atom is -0.454 e. The third-order valence-electron chi connectivity index (χ3n) is 4.96. The molecule has 1 aromatic carbocycles. The second kappa shape index (κ2) is 7.74. The average molecular weight is 360 g/mol. The number of hydrogen-bond acceptors (Lipinski definition) is 6. The maximum atomic E-state index is 9.49. The second-order valence-corrected chi connectivity index (χ2v) is 7.63. The summed E-state index contributed by atoms with van der Waals surface area (Å²) in [5.41, 5.74) is 1.18. The van der Waals surface area contributed by atoms with Crippen LogP contribution in [0.3, 0.4) is 0 Å². The molecule has 1 aromatic heterocycles. The van der Waals surface area contributed by atoms with Crippen molar-refractivity contribution in [3.63, 3.8) is 0 Å². The van der Waals surface area contributed by atoms with Gasteiger partial charge in [0.15, 0.2) is 11.5 Å². The van der Waals surface area contributed by atoms with E-state index in [4.69, 9.17) is 9.47 Å². The third-order valence-corrected chi connectivity index (χ3v) is 5.82. The number of ether oxygens (including phenoxy) is 2. The summed E-state index contributed by atoms with van der Waals surface area (Å²) in [4.78, 5) is 6.36. The fourth-order valence-corrected chi connectivity index (χ4v) is 4.42. The monoisotopic (exact) mass is 360 g/mol. The molecule has 25 heavy (non-hydrogen) atoms. The second-order valence-electron chi connectivity index (χ2n) is 6.60. The number of fused-ring (bicyclic) bond motifs is 1. The van der Waals surface area contributed by atoms with Gasteiger partial charge in [0, 0.05) is 55.8 Å². The summed E-state index contributed by atoms with van der Waals surface area (Å²) in [6.07, 6.45) is 0.814. The number of thiophene rings is 1. The molecule has 134 valence electrons. The summed E-state index contributed by atoms with van der Waals surface area (Å²) in [5, 5.41) is 11.6. The maximum Gasteiger partial charge on any atom is 0.231 e. The van der Waals surface area contributed by atoms with E-state index in [1.807, 2.05) is 12.1 Å². The van der Waals surface area contributed by atoms with Crippen molar-refractivity contribution < 1.29 is 14.6 Å². The van der Waals surface area contributed by atoms with E-state index in [2.05, 4.69) is 33.4 Å². The minimum absolute atomic E-state index is 0.233. The molecule has 1 N–H and O–H groups in total. The molecule has 1 atom stereocenters. The first-order chi connectivity index (χ1) is 12.3. The van der Waals surface area contributed by atoms with Gasteiger partial charge in [-0.2, -0.15) is 0 Å². The maximum absolute atomic E-state index is 9.49. The largest absolute Gasteiger partial charge is 0.454 e. The Kier molecular flexibility index (Phi) is 5.22. The van der Waals surface area contributed by atoms with Crippen molar-refractivity contribution in [3.8, 4) is 11.5 Å². The van der Waals surface area contributed by atoms with Crippen molar-refractivity contribution >= 4 is 11.3 Å². The molecule has 6 heteroatoms. The SMILES string of the molecule is OCC[C@@H]1CN(Cc2cccc3c2OCO3)CCN1Cc1cccs1. The van der Waals surface area contributed by atoms with Crippen molar-refractivity contribution in [2.24, 2.45) is 0 Å². The van der Waals surface area contributed by atoms with E-state index >= 15 is 0 Å². The zero-order chi connectivity index (χ0) is 17.1. The van der Waals surface area contributed by atoms with Gasteiger partial charge in [-0.05, 0) is 23.9 Å². The lowest BCUT2D eigenvalue weighted by atomic mass is 10.1. The Hall–Kier alpha value is -1.60. The van der Waals surface area contributed by atoms with E-state index < -0.39 is 0 Å². The van der Waals surface area contributed by atoms with Crippen LogP contribution in [0.4, 0.5) is 0 Å². The molecule has 0 unspecified atom stereocenters. The Bertz CT molecular complexity index is 692. The van der Waals surface area contributed by atoms with Gasteiger partial charge in [-0.3, -0.25) is 9.80 Å². The Labute approximate surface area is 152 Å². The molecule has 5 nitrogen and oxygen atoms in total. The van der Waals surface area contributed by atoms with E-state index in [1.54, 1.807) is 11.3 Å². The molecular formula is C19H24N2O3S. The highest BCUT2D eigenvalue weighted by Gasteiger charge is 2.28. The van der Waals surface area contributed by atoms with Gasteiger partial charge in [0.2, 0.25) is 6.79 Å². The van der Waals surface area contributed by atoms with E-state index in [0.29, 0.717) is 12.8 Å². The zero-order valence-corrected chi connectivity index (χ0v) is 15.1. The van der Waals surface area contributed by atoms with Crippen molar-refractivity contribution in [1.82, 2.24) is 9.80 Å². The standard InChI is InChI=1S/C19H24N2O3S/c22-9-6-16-12-20(7-8-21(16)13-17-4-2-10-25-17)11-15-3-1-5-18-19(15)24-14-23-18/h1-5,10,16,22H,6-9,11-14H2/t16-/m1/s1. The molecular weight excluding hydrogens is 336 g/mol. The Morgan fingerprint density at radius 2 is 2.08 bits per heavy atom. The summed E-state index contributed by atoms with van der Waals surface area (Å²) in [6.45, 7) is 5.41. The Morgan fingerprint density at radius 1 is 1.12 bits per heavy atom. The normalized spacial score (nSPS) is 20.9. The predicted octanol–water partition coefficient (Wildman–Crippen LogP) is 2.55. The van der Waals surface area contributed by atoms with Gasteiger partial charge >= 0.3 is 0 Å². The van der Waals surface area contributed by atoms with Gasteiger partial charge in [-0.1, -0.05) is 18.2 Å². The fourth-order valence-electron chi connectivity index (χ4n) is 3.69. The van der Waals surface area contributed by atoms with Crippen LogP contribution in [-0.2, 0) is 13.1 Å². The number of aliphatic hydroxyl groups is 1. The van der Waals surface area contributed by atoms with E-state index in [0.717, 1.165) is 50.6 Å². The first-order valence-electron chi connectivity index (χ1n) is 8.80. The van der Waals surface area contributed by atoms with Gasteiger partial charge in [0.05, 0.1) is 0 Å². The van der Waals surface area contributed by atoms with Crippen LogP contribution in [0.25, 0.3) is 0 Å². The number of benzene rings is 1. The van der Waals surface area contributed by atoms with Crippen LogP contribution in [0.5, 0.6) is 11.5 Å². The number of rotatable bonds is 6. The summed E-state index contributed by atoms with van der Waals surface area (Å²) in [5.74, 6) is 1.74. The lowest BCUT2D eigenvalue weighted by Gasteiger charge is -2.41. The Morgan fingerprint density at radius 3 is 2.92 bits per heavy atom. The highest BCUT2D eigenvalue weighted by Crippen LogP contribution is 2.36. The van der Waals surface area contributed by atoms with Crippen LogP contribution >= 0.6 is 11.3 Å². The van der Waals surface area contributed by atoms with Gasteiger partial charge in [-0.15, -0.1) is 11.3 Å². The molecule has 0 aliphatic carbocycles. The van der Waals surface area contributed by atoms with Gasteiger partial charge in [0.25, 0.3) is 0 Å². The number of nitrogens with zero attached hydrogens (tertiary/aromatic N) is 2. The van der Waals surface area contributed by atoms with Crippen molar-refractivity contribution in [2.45, 2.75) is 25.6 Å². The highest BCUT2D eigenvalue weighted by molar-refractivity contribution is 7.09. The molecule has 0 bridgehead atoms. The molecule has 0 radical (unpaired) electrons. The van der Waals surface area contributed by atoms with Crippen LogP contribution in [0.15, 0.2) is 35.7 Å². The summed E-state index contributed by atoms with van der Waals surface area (Å²) < 4.78 is 11.1. The molecule has 1 saturated heterocycles. The molecule has 3 heterocycles. The zero-order valence-electron chi connectivity index (χ0n) is 14.3. The van der Waals surface area contributed by atoms with Crippen molar-refractivity contribution in [2.75, 3.05) is 33.0 Å². The molecule has 2 aliphatic rings. The number of hydrogen-bond donors (Lipinski definition) is 1. The molecule has 4 rings (SSSR count). The predicted molar refractivity (Wildman–Crippen MR) is 98.1 cm³/mol. The van der Waals surface area contributed by atoms with Gasteiger partial charge in [-0.25, -0.2) is 0 Å². The van der Waals surface area contributed by atoms with Crippen LogP contribution in [0.2, 0.25) is 0 Å².